The van der Waals surface area contributed by atoms with Gasteiger partial charge >= 0.3 is 0 Å². The second-order valence-electron chi connectivity index (χ2n) is 5.69. The highest BCUT2D eigenvalue weighted by Crippen LogP contribution is 2.10. The molecule has 2 aromatic heterocycles. The van der Waals surface area contributed by atoms with Gasteiger partial charge in [0.05, 0.1) is 5.69 Å². The maximum Gasteiger partial charge on any atom is 0.274 e. The van der Waals surface area contributed by atoms with Crippen LogP contribution in [-0.4, -0.2) is 19.6 Å². The lowest BCUT2D eigenvalue weighted by atomic mass is 10.1. The van der Waals surface area contributed by atoms with E-state index in [9.17, 15) is 4.79 Å². The summed E-state index contributed by atoms with van der Waals surface area (Å²) in [6.45, 7) is 2.25. The molecule has 0 amide bonds. The van der Waals surface area contributed by atoms with E-state index in [2.05, 4.69) is 22.0 Å². The van der Waals surface area contributed by atoms with Gasteiger partial charge in [0.15, 0.2) is 0 Å². The highest BCUT2D eigenvalue weighted by molar-refractivity contribution is 5.25. The van der Waals surface area contributed by atoms with E-state index >= 15 is 0 Å². The third kappa shape index (κ3) is 4.99. The number of fused-ring (bicyclic) bond motifs is 1. The van der Waals surface area contributed by atoms with Gasteiger partial charge in [-0.15, -0.1) is 0 Å². The normalized spacial score (nSPS) is 11.3. The zero-order valence-corrected chi connectivity index (χ0v) is 13.0. The van der Waals surface area contributed by atoms with Crippen LogP contribution < -0.4 is 5.56 Å². The Kier molecular flexibility index (Phi) is 6.44. The van der Waals surface area contributed by atoms with Gasteiger partial charge in [-0.2, -0.15) is 4.52 Å². The lowest BCUT2D eigenvalue weighted by Crippen LogP contribution is -2.15. The van der Waals surface area contributed by atoms with Crippen LogP contribution in [0, 0.1) is 0 Å². The molecule has 0 aliphatic heterocycles. The minimum absolute atomic E-state index is 0.0802. The molecule has 0 spiro atoms. The Morgan fingerprint density at radius 3 is 2.43 bits per heavy atom. The molecule has 5 nitrogen and oxygen atoms in total. The first kappa shape index (κ1) is 15.7. The Morgan fingerprint density at radius 1 is 1.05 bits per heavy atom. The molecule has 0 aliphatic carbocycles. The third-order valence-corrected chi connectivity index (χ3v) is 3.86. The zero-order chi connectivity index (χ0) is 14.9. The molecule has 0 aromatic carbocycles. The summed E-state index contributed by atoms with van der Waals surface area (Å²) in [6.07, 6.45) is 14.1. The number of nitrogens with zero attached hydrogens (tertiary/aromatic N) is 3. The number of aromatic nitrogens is 4. The lowest BCUT2D eigenvalue weighted by molar-refractivity contribution is 0.563. The minimum atomic E-state index is -0.0802. The number of aromatic amines is 1. The molecular formula is C16H26N4O. The summed E-state index contributed by atoms with van der Waals surface area (Å²) in [7, 11) is 0. The molecule has 0 saturated carbocycles. The smallest absolute Gasteiger partial charge is 0.274 e. The Hall–Kier alpha value is -1.65. The fraction of sp³-hybridized carbons (Fsp3) is 0.688. The van der Waals surface area contributed by atoms with Crippen LogP contribution in [-0.2, 0) is 6.42 Å². The Labute approximate surface area is 125 Å². The number of hydrogen-bond acceptors (Lipinski definition) is 3. The molecule has 0 saturated heterocycles. The van der Waals surface area contributed by atoms with E-state index in [1.54, 1.807) is 6.07 Å². The van der Waals surface area contributed by atoms with Gasteiger partial charge < -0.3 is 0 Å². The van der Waals surface area contributed by atoms with Gasteiger partial charge in [-0.05, 0) is 12.8 Å². The minimum Gasteiger partial charge on any atom is -0.278 e. The second kappa shape index (κ2) is 8.60. The van der Waals surface area contributed by atoms with Crippen LogP contribution in [0.15, 0.2) is 17.2 Å². The molecule has 2 heterocycles. The van der Waals surface area contributed by atoms with Crippen LogP contribution in [0.5, 0.6) is 0 Å². The number of unbranched alkanes of at least 4 members (excludes halogenated alkanes) is 8. The molecule has 0 bridgehead atoms. The summed E-state index contributed by atoms with van der Waals surface area (Å²) in [4.78, 5) is 20.2. The maximum atomic E-state index is 11.8. The zero-order valence-electron chi connectivity index (χ0n) is 13.0. The first-order valence-corrected chi connectivity index (χ1v) is 8.23. The average molecular weight is 290 g/mol. The van der Waals surface area contributed by atoms with Crippen LogP contribution in [0.4, 0.5) is 0 Å². The molecule has 2 aromatic rings. The van der Waals surface area contributed by atoms with Crippen molar-refractivity contribution in [1.82, 2.24) is 19.6 Å². The van der Waals surface area contributed by atoms with E-state index in [1.807, 2.05) is 0 Å². The van der Waals surface area contributed by atoms with E-state index < -0.39 is 0 Å². The highest BCUT2D eigenvalue weighted by Gasteiger charge is 2.03. The van der Waals surface area contributed by atoms with E-state index in [0.717, 1.165) is 18.5 Å². The number of rotatable bonds is 10. The summed E-state index contributed by atoms with van der Waals surface area (Å²) < 4.78 is 1.36. The fourth-order valence-electron chi connectivity index (χ4n) is 2.61. The summed E-state index contributed by atoms with van der Waals surface area (Å²) in [5, 5.41) is 2.75. The molecule has 2 rings (SSSR count). The SMILES string of the molecule is CCCCCCCCCCCc1cc(=O)n2[nH]cnc2n1. The van der Waals surface area contributed by atoms with Crippen LogP contribution in [0.25, 0.3) is 5.78 Å². The number of nitrogens with one attached hydrogen (secondary N) is 1. The van der Waals surface area contributed by atoms with Crippen molar-refractivity contribution in [3.8, 4) is 0 Å². The molecule has 0 radical (unpaired) electrons. The number of aryl methyl sites for hydroxylation is 1. The van der Waals surface area contributed by atoms with Crippen molar-refractivity contribution >= 4 is 5.78 Å². The molecule has 1 N–H and O–H groups in total. The molecule has 116 valence electrons. The molecule has 0 atom stereocenters. The Morgan fingerprint density at radius 2 is 1.71 bits per heavy atom. The van der Waals surface area contributed by atoms with Crippen molar-refractivity contribution in [2.45, 2.75) is 71.1 Å². The van der Waals surface area contributed by atoms with E-state index in [1.165, 1.54) is 62.2 Å². The quantitative estimate of drug-likeness (QED) is 0.681. The van der Waals surface area contributed by atoms with Gasteiger partial charge in [-0.3, -0.25) is 9.89 Å². The van der Waals surface area contributed by atoms with Gasteiger partial charge in [0.2, 0.25) is 0 Å². The maximum absolute atomic E-state index is 11.8. The van der Waals surface area contributed by atoms with Crippen LogP contribution in [0.2, 0.25) is 0 Å². The Bertz CT molecular complexity index is 587. The van der Waals surface area contributed by atoms with Crippen molar-refractivity contribution in [1.29, 1.82) is 0 Å². The molecule has 21 heavy (non-hydrogen) atoms. The number of H-pyrrole nitrogens is 1. The monoisotopic (exact) mass is 290 g/mol. The first-order chi connectivity index (χ1) is 10.3. The van der Waals surface area contributed by atoms with Crippen molar-refractivity contribution in [2.24, 2.45) is 0 Å². The molecule has 0 unspecified atom stereocenters. The summed E-state index contributed by atoms with van der Waals surface area (Å²) >= 11 is 0. The molecule has 5 heteroatoms. The topological polar surface area (TPSA) is 63.0 Å². The van der Waals surface area contributed by atoms with Crippen LogP contribution in [0.1, 0.15) is 70.4 Å². The lowest BCUT2D eigenvalue weighted by Gasteiger charge is -2.02. The second-order valence-corrected chi connectivity index (χ2v) is 5.69. The predicted molar refractivity (Wildman–Crippen MR) is 84.5 cm³/mol. The van der Waals surface area contributed by atoms with E-state index in [0.29, 0.717) is 5.78 Å². The molecule has 0 fully saturated rings. The third-order valence-electron chi connectivity index (χ3n) is 3.86. The number of hydrogen-bond donors (Lipinski definition) is 1. The van der Waals surface area contributed by atoms with Crippen molar-refractivity contribution in [3.05, 3.63) is 28.4 Å². The largest absolute Gasteiger partial charge is 0.278 e. The van der Waals surface area contributed by atoms with Gasteiger partial charge in [0.25, 0.3) is 11.3 Å². The summed E-state index contributed by atoms with van der Waals surface area (Å²) in [5.41, 5.74) is 0.776. The van der Waals surface area contributed by atoms with Gasteiger partial charge in [-0.25, -0.2) is 9.97 Å². The standard InChI is InChI=1S/C16H26N4O/c1-2-3-4-5-6-7-8-9-10-11-14-12-15(21)20-16(19-14)17-13-18-20/h12-13H,2-11H2,1H3,(H,17,18,19). The summed E-state index contributed by atoms with van der Waals surface area (Å²) in [5.74, 6) is 0.466. The van der Waals surface area contributed by atoms with E-state index in [4.69, 9.17) is 0 Å². The Balaban J connectivity index is 1.63. The average Bonchev–Trinajstić information content (AvgIpc) is 2.94. The highest BCUT2D eigenvalue weighted by atomic mass is 16.1. The first-order valence-electron chi connectivity index (χ1n) is 8.23. The van der Waals surface area contributed by atoms with E-state index in [-0.39, 0.29) is 5.56 Å². The van der Waals surface area contributed by atoms with Gasteiger partial charge in [0.1, 0.15) is 6.33 Å². The van der Waals surface area contributed by atoms with Crippen molar-refractivity contribution in [3.63, 3.8) is 0 Å². The van der Waals surface area contributed by atoms with Gasteiger partial charge in [-0.1, -0.05) is 58.3 Å². The fourth-order valence-corrected chi connectivity index (χ4v) is 2.61. The van der Waals surface area contributed by atoms with Crippen molar-refractivity contribution < 1.29 is 0 Å². The molecular weight excluding hydrogens is 264 g/mol. The van der Waals surface area contributed by atoms with Gasteiger partial charge in [0, 0.05) is 6.07 Å². The van der Waals surface area contributed by atoms with Crippen molar-refractivity contribution in [2.75, 3.05) is 0 Å². The summed E-state index contributed by atoms with van der Waals surface area (Å²) in [6, 6.07) is 1.61. The van der Waals surface area contributed by atoms with Crippen LogP contribution in [0.3, 0.4) is 0 Å². The predicted octanol–water partition coefficient (Wildman–Crippen LogP) is 3.49. The molecule has 0 aliphatic rings. The van der Waals surface area contributed by atoms with Crippen LogP contribution >= 0.6 is 0 Å².